The highest BCUT2D eigenvalue weighted by Crippen LogP contribution is 2.35. The summed E-state index contributed by atoms with van der Waals surface area (Å²) in [7, 11) is 0. The van der Waals surface area contributed by atoms with Gasteiger partial charge in [-0.3, -0.25) is 4.79 Å². The Morgan fingerprint density at radius 1 is 0.933 bits per heavy atom. The van der Waals surface area contributed by atoms with Gasteiger partial charge in [-0.25, -0.2) is 15.0 Å². The first-order chi connectivity index (χ1) is 14.3. The third-order valence-electron chi connectivity index (χ3n) is 6.03. The maximum absolute atomic E-state index is 13.9. The Kier molecular flexibility index (Phi) is 5.35. The van der Waals surface area contributed by atoms with Crippen molar-refractivity contribution in [3.8, 4) is 0 Å². The summed E-state index contributed by atoms with van der Waals surface area (Å²) in [5.74, 6) is 1.18. The molecule has 1 aromatic carbocycles. The maximum atomic E-state index is 13.9. The molecule has 0 amide bonds. The van der Waals surface area contributed by atoms with Gasteiger partial charge in [0.15, 0.2) is 5.41 Å². The van der Waals surface area contributed by atoms with E-state index in [4.69, 9.17) is 19.5 Å². The van der Waals surface area contributed by atoms with Gasteiger partial charge in [-0.2, -0.15) is 0 Å². The zero-order chi connectivity index (χ0) is 21.5. The van der Waals surface area contributed by atoms with Crippen molar-refractivity contribution in [2.75, 3.05) is 13.2 Å². The molecule has 2 atom stereocenters. The number of ketones is 1. The molecule has 2 aliphatic rings. The van der Waals surface area contributed by atoms with E-state index in [1.165, 1.54) is 0 Å². The number of carbonyl (C=O) groups is 1. The van der Waals surface area contributed by atoms with Crippen molar-refractivity contribution < 1.29 is 14.3 Å². The molecule has 4 rings (SSSR count). The highest BCUT2D eigenvalue weighted by molar-refractivity contribution is 6.27. The van der Waals surface area contributed by atoms with Crippen molar-refractivity contribution in [2.24, 2.45) is 27.2 Å². The first-order valence-electron chi connectivity index (χ1n) is 10.6. The van der Waals surface area contributed by atoms with Crippen molar-refractivity contribution in [2.45, 2.75) is 46.7 Å². The molecule has 0 unspecified atom stereocenters. The van der Waals surface area contributed by atoms with Crippen LogP contribution in [0.5, 0.6) is 0 Å². The second-order valence-electron chi connectivity index (χ2n) is 8.96. The molecule has 0 spiro atoms. The smallest absolute Gasteiger partial charge is 0.207 e. The molecule has 2 aromatic rings. The van der Waals surface area contributed by atoms with Gasteiger partial charge in [0.05, 0.1) is 17.6 Å². The van der Waals surface area contributed by atoms with E-state index in [0.717, 1.165) is 10.9 Å². The van der Waals surface area contributed by atoms with Crippen LogP contribution in [-0.2, 0) is 9.47 Å². The number of para-hydroxylation sites is 1. The first kappa shape index (κ1) is 20.5. The van der Waals surface area contributed by atoms with Gasteiger partial charge in [-0.1, -0.05) is 52.0 Å². The normalized spacial score (nSPS) is 21.6. The van der Waals surface area contributed by atoms with E-state index in [1.54, 1.807) is 13.0 Å². The monoisotopic (exact) mass is 407 g/mol. The summed E-state index contributed by atoms with van der Waals surface area (Å²) in [6.07, 6.45) is 0. The molecule has 6 heteroatoms. The topological polar surface area (TPSA) is 73.1 Å². The molecular formula is C24H29N3O3. The molecule has 0 aliphatic carbocycles. The Labute approximate surface area is 177 Å². The zero-order valence-electron chi connectivity index (χ0n) is 18.3. The highest BCUT2D eigenvalue weighted by Gasteiger charge is 2.52. The van der Waals surface area contributed by atoms with Crippen LogP contribution in [0.2, 0.25) is 0 Å². The molecular weight excluding hydrogens is 378 g/mol. The lowest BCUT2D eigenvalue weighted by Gasteiger charge is -2.26. The summed E-state index contributed by atoms with van der Waals surface area (Å²) < 4.78 is 11.9. The van der Waals surface area contributed by atoms with Gasteiger partial charge in [0.2, 0.25) is 17.6 Å². The Morgan fingerprint density at radius 3 is 2.03 bits per heavy atom. The Balaban J connectivity index is 1.79. The SMILES string of the molecule is CC(C)[C@H]1COC(C(C)(C(=O)c2ccc3ccccc3n2)C2=N[C@@H](C(C)C)CO2)=N1. The minimum Gasteiger partial charge on any atom is -0.478 e. The molecule has 158 valence electrons. The molecule has 30 heavy (non-hydrogen) atoms. The predicted molar refractivity (Wildman–Crippen MR) is 118 cm³/mol. The minimum atomic E-state index is -1.23. The molecule has 0 bridgehead atoms. The summed E-state index contributed by atoms with van der Waals surface area (Å²) in [5.41, 5.74) is -0.105. The molecule has 0 N–H and O–H groups in total. The van der Waals surface area contributed by atoms with Crippen molar-refractivity contribution in [3.05, 3.63) is 42.1 Å². The summed E-state index contributed by atoms with van der Waals surface area (Å²) in [6, 6.07) is 11.4. The molecule has 0 saturated heterocycles. The number of Topliss-reactive ketones (excluding diaryl/α,β-unsaturated/α-hetero) is 1. The van der Waals surface area contributed by atoms with Crippen LogP contribution < -0.4 is 0 Å². The van der Waals surface area contributed by atoms with Crippen LogP contribution in [0.25, 0.3) is 10.9 Å². The second kappa shape index (κ2) is 7.82. The number of benzene rings is 1. The van der Waals surface area contributed by atoms with Crippen LogP contribution in [0, 0.1) is 17.3 Å². The standard InChI is InChI=1S/C24H29N3O3/c1-14(2)19-12-29-22(26-19)24(5,23-27-20(13-30-23)15(3)4)21(28)18-11-10-16-8-6-7-9-17(16)25-18/h6-11,14-15,19-20H,12-13H2,1-5H3/t19-,20-/m1/s1. The van der Waals surface area contributed by atoms with Crippen LogP contribution in [-0.4, -0.2) is 47.9 Å². The quantitative estimate of drug-likeness (QED) is 0.668. The summed E-state index contributed by atoms with van der Waals surface area (Å²) in [6.45, 7) is 11.1. The van der Waals surface area contributed by atoms with Crippen molar-refractivity contribution in [1.29, 1.82) is 0 Å². The number of carbonyl (C=O) groups excluding carboxylic acids is 1. The predicted octanol–water partition coefficient (Wildman–Crippen LogP) is 4.33. The molecule has 0 saturated carbocycles. The highest BCUT2D eigenvalue weighted by atomic mass is 16.5. The van der Waals surface area contributed by atoms with Crippen LogP contribution >= 0.6 is 0 Å². The van der Waals surface area contributed by atoms with Crippen molar-refractivity contribution in [3.63, 3.8) is 0 Å². The largest absolute Gasteiger partial charge is 0.478 e. The van der Waals surface area contributed by atoms with Gasteiger partial charge in [-0.05, 0) is 30.9 Å². The maximum Gasteiger partial charge on any atom is 0.207 e. The van der Waals surface area contributed by atoms with E-state index >= 15 is 0 Å². The molecule has 1 aromatic heterocycles. The van der Waals surface area contributed by atoms with E-state index in [0.29, 0.717) is 42.5 Å². The Morgan fingerprint density at radius 2 is 1.50 bits per heavy atom. The molecule has 3 heterocycles. The van der Waals surface area contributed by atoms with Crippen molar-refractivity contribution >= 4 is 28.5 Å². The van der Waals surface area contributed by atoms with Gasteiger partial charge in [0.25, 0.3) is 0 Å². The number of pyridine rings is 1. The Hall–Kier alpha value is -2.76. The molecule has 2 aliphatic heterocycles. The lowest BCUT2D eigenvalue weighted by Crippen LogP contribution is -2.45. The summed E-state index contributed by atoms with van der Waals surface area (Å²) in [4.78, 5) is 28.0. The van der Waals surface area contributed by atoms with Gasteiger partial charge in [0.1, 0.15) is 18.9 Å². The second-order valence-corrected chi connectivity index (χ2v) is 8.96. The number of rotatable bonds is 6. The van der Waals surface area contributed by atoms with E-state index in [9.17, 15) is 4.79 Å². The lowest BCUT2D eigenvalue weighted by atomic mass is 9.82. The van der Waals surface area contributed by atoms with Gasteiger partial charge >= 0.3 is 0 Å². The van der Waals surface area contributed by atoms with Crippen molar-refractivity contribution in [1.82, 2.24) is 4.98 Å². The molecule has 6 nitrogen and oxygen atoms in total. The number of aliphatic imine (C=N–C) groups is 2. The number of fused-ring (bicyclic) bond motifs is 1. The van der Waals surface area contributed by atoms with Crippen LogP contribution in [0.15, 0.2) is 46.4 Å². The molecule has 0 fully saturated rings. The first-order valence-corrected chi connectivity index (χ1v) is 10.6. The number of aromatic nitrogens is 1. The van der Waals surface area contributed by atoms with Gasteiger partial charge < -0.3 is 9.47 Å². The molecule has 0 radical (unpaired) electrons. The van der Waals surface area contributed by atoms with E-state index in [2.05, 4.69) is 32.7 Å². The number of hydrogen-bond donors (Lipinski definition) is 0. The fourth-order valence-electron chi connectivity index (χ4n) is 3.74. The zero-order valence-corrected chi connectivity index (χ0v) is 18.3. The van der Waals surface area contributed by atoms with Crippen LogP contribution in [0.3, 0.4) is 0 Å². The fourth-order valence-corrected chi connectivity index (χ4v) is 3.74. The average molecular weight is 408 g/mol. The van der Waals surface area contributed by atoms with Crippen LogP contribution in [0.4, 0.5) is 0 Å². The van der Waals surface area contributed by atoms with Gasteiger partial charge in [0, 0.05) is 5.39 Å². The number of hydrogen-bond acceptors (Lipinski definition) is 6. The van der Waals surface area contributed by atoms with E-state index in [1.807, 2.05) is 30.3 Å². The number of nitrogens with zero attached hydrogens (tertiary/aromatic N) is 3. The van der Waals surface area contributed by atoms with Gasteiger partial charge in [-0.15, -0.1) is 0 Å². The summed E-state index contributed by atoms with van der Waals surface area (Å²) >= 11 is 0. The van der Waals surface area contributed by atoms with Crippen LogP contribution in [0.1, 0.15) is 45.1 Å². The minimum absolute atomic E-state index is 0.0135. The third kappa shape index (κ3) is 3.48. The third-order valence-corrected chi connectivity index (χ3v) is 6.03. The Bertz CT molecular complexity index is 991. The van der Waals surface area contributed by atoms with E-state index in [-0.39, 0.29) is 17.9 Å². The summed E-state index contributed by atoms with van der Waals surface area (Å²) in [5, 5.41) is 0.986. The fraction of sp³-hybridized carbons (Fsp3) is 0.500. The van der Waals surface area contributed by atoms with E-state index < -0.39 is 5.41 Å². The lowest BCUT2D eigenvalue weighted by molar-refractivity contribution is 0.0894. The average Bonchev–Trinajstić information content (AvgIpc) is 3.43. The number of ether oxygens (including phenoxy) is 2.